The summed E-state index contributed by atoms with van der Waals surface area (Å²) in [5.74, 6) is 0.281. The van der Waals surface area contributed by atoms with Gasteiger partial charge in [0.2, 0.25) is 5.91 Å². The van der Waals surface area contributed by atoms with Crippen LogP contribution in [0.25, 0.3) is 0 Å². The first-order valence-electron chi connectivity index (χ1n) is 8.90. The van der Waals surface area contributed by atoms with Crippen molar-refractivity contribution in [1.29, 1.82) is 0 Å². The summed E-state index contributed by atoms with van der Waals surface area (Å²) in [6, 6.07) is 10.6. The van der Waals surface area contributed by atoms with Crippen molar-refractivity contribution >= 4 is 5.91 Å². The van der Waals surface area contributed by atoms with Crippen LogP contribution in [0.4, 0.5) is 0 Å². The number of likely N-dealkylation sites (tertiary alicyclic amines) is 2. The van der Waals surface area contributed by atoms with Crippen LogP contribution in [0.3, 0.4) is 0 Å². The van der Waals surface area contributed by atoms with Crippen molar-refractivity contribution in [2.75, 3.05) is 39.3 Å². The quantitative estimate of drug-likeness (QED) is 0.872. The fraction of sp³-hybridized carbons (Fsp3) is 0.632. The highest BCUT2D eigenvalue weighted by Crippen LogP contribution is 2.40. The molecule has 2 aliphatic heterocycles. The molecule has 2 saturated heterocycles. The van der Waals surface area contributed by atoms with Gasteiger partial charge in [-0.3, -0.25) is 4.79 Å². The first-order valence-corrected chi connectivity index (χ1v) is 8.90. The number of amides is 1. The van der Waals surface area contributed by atoms with E-state index in [4.69, 9.17) is 5.11 Å². The van der Waals surface area contributed by atoms with Crippen LogP contribution in [0.15, 0.2) is 30.3 Å². The monoisotopic (exact) mass is 316 g/mol. The van der Waals surface area contributed by atoms with Crippen LogP contribution < -0.4 is 0 Å². The summed E-state index contributed by atoms with van der Waals surface area (Å²) in [7, 11) is 0. The lowest BCUT2D eigenvalue weighted by molar-refractivity contribution is -0.146. The topological polar surface area (TPSA) is 43.8 Å². The molecular weight excluding hydrogens is 288 g/mol. The number of hydrogen-bond donors (Lipinski definition) is 1. The van der Waals surface area contributed by atoms with Gasteiger partial charge in [0.05, 0.1) is 12.0 Å². The lowest BCUT2D eigenvalue weighted by atomic mass is 9.78. The predicted octanol–water partition coefficient (Wildman–Crippen LogP) is 1.93. The molecule has 1 unspecified atom stereocenters. The van der Waals surface area contributed by atoms with Crippen LogP contribution in [-0.4, -0.2) is 60.1 Å². The molecule has 0 radical (unpaired) electrons. The van der Waals surface area contributed by atoms with Gasteiger partial charge in [0, 0.05) is 19.6 Å². The molecule has 0 bridgehead atoms. The van der Waals surface area contributed by atoms with Crippen LogP contribution in [0.1, 0.15) is 31.2 Å². The molecule has 4 nitrogen and oxygen atoms in total. The van der Waals surface area contributed by atoms with Crippen LogP contribution in [0.5, 0.6) is 0 Å². The average molecular weight is 316 g/mol. The number of aryl methyl sites for hydroxylation is 1. The third-order valence-electron chi connectivity index (χ3n) is 5.41. The molecule has 1 spiro atoms. The summed E-state index contributed by atoms with van der Waals surface area (Å²) in [6.45, 7) is 4.40. The third kappa shape index (κ3) is 3.75. The first kappa shape index (κ1) is 16.5. The second kappa shape index (κ2) is 7.45. The van der Waals surface area contributed by atoms with Crippen molar-refractivity contribution in [3.05, 3.63) is 35.9 Å². The zero-order valence-electron chi connectivity index (χ0n) is 13.9. The Morgan fingerprint density at radius 2 is 1.91 bits per heavy atom. The van der Waals surface area contributed by atoms with Gasteiger partial charge in [-0.15, -0.1) is 0 Å². The Labute approximate surface area is 139 Å². The number of nitrogens with zero attached hydrogens (tertiary/aromatic N) is 2. The largest absolute Gasteiger partial charge is 0.395 e. The van der Waals surface area contributed by atoms with E-state index in [1.807, 2.05) is 4.90 Å². The maximum atomic E-state index is 12.8. The normalized spacial score (nSPS) is 25.4. The molecule has 126 valence electrons. The fourth-order valence-corrected chi connectivity index (χ4v) is 4.17. The van der Waals surface area contributed by atoms with Crippen molar-refractivity contribution in [3.63, 3.8) is 0 Å². The van der Waals surface area contributed by atoms with E-state index in [0.717, 1.165) is 58.3 Å². The Hall–Kier alpha value is -1.39. The van der Waals surface area contributed by atoms with E-state index in [0.29, 0.717) is 6.54 Å². The smallest absolute Gasteiger partial charge is 0.230 e. The van der Waals surface area contributed by atoms with Crippen molar-refractivity contribution in [1.82, 2.24) is 9.80 Å². The van der Waals surface area contributed by atoms with Gasteiger partial charge >= 0.3 is 0 Å². The van der Waals surface area contributed by atoms with Crippen LogP contribution in [0, 0.1) is 5.41 Å². The summed E-state index contributed by atoms with van der Waals surface area (Å²) in [5.41, 5.74) is 1.23. The molecule has 1 atom stereocenters. The number of rotatable bonds is 6. The number of β-amino-alcohol motifs (C(OH)–C–C–N with tert-alkyl or cyclic N) is 1. The molecular formula is C19H28N2O2. The van der Waals surface area contributed by atoms with Gasteiger partial charge in [-0.25, -0.2) is 0 Å². The Morgan fingerprint density at radius 1 is 1.09 bits per heavy atom. The van der Waals surface area contributed by atoms with Gasteiger partial charge in [0.1, 0.15) is 0 Å². The van der Waals surface area contributed by atoms with E-state index in [-0.39, 0.29) is 17.9 Å². The van der Waals surface area contributed by atoms with E-state index in [1.54, 1.807) is 0 Å². The number of benzene rings is 1. The molecule has 1 amide bonds. The highest BCUT2D eigenvalue weighted by atomic mass is 16.3. The van der Waals surface area contributed by atoms with Crippen molar-refractivity contribution in [2.45, 2.75) is 32.1 Å². The summed E-state index contributed by atoms with van der Waals surface area (Å²) in [6.07, 6.45) is 5.33. The van der Waals surface area contributed by atoms with E-state index in [1.165, 1.54) is 5.56 Å². The molecule has 2 aliphatic rings. The third-order valence-corrected chi connectivity index (χ3v) is 5.41. The van der Waals surface area contributed by atoms with Crippen LogP contribution in [-0.2, 0) is 11.2 Å². The molecule has 4 heteroatoms. The second-order valence-corrected chi connectivity index (χ2v) is 7.01. The van der Waals surface area contributed by atoms with Gasteiger partial charge in [-0.1, -0.05) is 30.3 Å². The molecule has 0 saturated carbocycles. The molecule has 23 heavy (non-hydrogen) atoms. The van der Waals surface area contributed by atoms with Gasteiger partial charge in [-0.05, 0) is 50.8 Å². The number of aliphatic hydroxyl groups excluding tert-OH is 1. The zero-order valence-corrected chi connectivity index (χ0v) is 13.9. The number of carbonyl (C=O) groups excluding carboxylic acids is 1. The van der Waals surface area contributed by atoms with E-state index >= 15 is 0 Å². The highest BCUT2D eigenvalue weighted by Gasteiger charge is 2.47. The van der Waals surface area contributed by atoms with Gasteiger partial charge < -0.3 is 14.9 Å². The zero-order chi connectivity index (χ0) is 16.1. The Kier molecular flexibility index (Phi) is 5.34. The first-order chi connectivity index (χ1) is 11.2. The van der Waals surface area contributed by atoms with Crippen molar-refractivity contribution in [3.8, 4) is 0 Å². The highest BCUT2D eigenvalue weighted by molar-refractivity contribution is 5.84. The van der Waals surface area contributed by atoms with E-state index in [9.17, 15) is 4.79 Å². The van der Waals surface area contributed by atoms with Gasteiger partial charge in [-0.2, -0.15) is 0 Å². The minimum absolute atomic E-state index is 0.0720. The molecule has 2 heterocycles. The molecule has 1 aromatic carbocycles. The van der Waals surface area contributed by atoms with Crippen LogP contribution >= 0.6 is 0 Å². The molecule has 2 fully saturated rings. The van der Waals surface area contributed by atoms with Gasteiger partial charge in [0.25, 0.3) is 0 Å². The molecule has 1 aromatic rings. The maximum absolute atomic E-state index is 12.8. The maximum Gasteiger partial charge on any atom is 0.230 e. The summed E-state index contributed by atoms with van der Waals surface area (Å²) < 4.78 is 0. The average Bonchev–Trinajstić information content (AvgIpc) is 2.97. The standard InChI is InChI=1S/C19H28N2O2/c22-15-14-21-12-5-9-19(18(21)23)10-13-20(16-19)11-4-8-17-6-2-1-3-7-17/h1-3,6-7,22H,4-5,8-16H2. The SMILES string of the molecule is O=C1N(CCO)CCCC12CCN(CCCc1ccccc1)C2. The molecule has 0 aromatic heterocycles. The predicted molar refractivity (Wildman–Crippen MR) is 91.2 cm³/mol. The molecule has 0 aliphatic carbocycles. The minimum Gasteiger partial charge on any atom is -0.395 e. The fourth-order valence-electron chi connectivity index (χ4n) is 4.17. The van der Waals surface area contributed by atoms with Gasteiger partial charge in [0.15, 0.2) is 0 Å². The minimum atomic E-state index is -0.167. The van der Waals surface area contributed by atoms with Crippen molar-refractivity contribution < 1.29 is 9.90 Å². The number of aliphatic hydroxyl groups is 1. The van der Waals surface area contributed by atoms with Crippen LogP contribution in [0.2, 0.25) is 0 Å². The Bertz CT molecular complexity index is 517. The Morgan fingerprint density at radius 3 is 2.70 bits per heavy atom. The molecule has 3 rings (SSSR count). The number of piperidine rings is 1. The summed E-state index contributed by atoms with van der Waals surface area (Å²) in [5, 5.41) is 9.14. The lowest BCUT2D eigenvalue weighted by Crippen LogP contribution is -2.50. The summed E-state index contributed by atoms with van der Waals surface area (Å²) in [4.78, 5) is 17.1. The number of hydrogen-bond acceptors (Lipinski definition) is 3. The molecule has 1 N–H and O–H groups in total. The lowest BCUT2D eigenvalue weighted by Gasteiger charge is -2.39. The summed E-state index contributed by atoms with van der Waals surface area (Å²) >= 11 is 0. The number of carbonyl (C=O) groups is 1. The second-order valence-electron chi connectivity index (χ2n) is 7.01. The van der Waals surface area contributed by atoms with E-state index in [2.05, 4.69) is 35.2 Å². The van der Waals surface area contributed by atoms with E-state index < -0.39 is 0 Å². The van der Waals surface area contributed by atoms with Crippen molar-refractivity contribution in [2.24, 2.45) is 5.41 Å². The Balaban J connectivity index is 1.50.